The summed E-state index contributed by atoms with van der Waals surface area (Å²) in [5.41, 5.74) is 0.679. The summed E-state index contributed by atoms with van der Waals surface area (Å²) < 4.78 is 0. The summed E-state index contributed by atoms with van der Waals surface area (Å²) >= 11 is 1.29. The number of rotatable bonds is 7. The van der Waals surface area contributed by atoms with Crippen LogP contribution in [0.4, 0.5) is 5.69 Å². The molecular formula is C15H21NO3S. The Balaban J connectivity index is 2.89. The van der Waals surface area contributed by atoms with Crippen molar-refractivity contribution < 1.29 is 14.7 Å². The highest BCUT2D eigenvalue weighted by molar-refractivity contribution is 8.00. The van der Waals surface area contributed by atoms with Gasteiger partial charge < -0.3 is 10.4 Å². The number of hydrogen-bond donors (Lipinski definition) is 2. The van der Waals surface area contributed by atoms with Gasteiger partial charge in [0.1, 0.15) is 5.25 Å². The molecule has 5 heteroatoms. The highest BCUT2D eigenvalue weighted by atomic mass is 32.2. The van der Waals surface area contributed by atoms with Crippen molar-refractivity contribution in [3.8, 4) is 0 Å². The molecule has 1 aromatic rings. The van der Waals surface area contributed by atoms with Gasteiger partial charge >= 0.3 is 5.97 Å². The molecule has 0 saturated carbocycles. The maximum atomic E-state index is 11.8. The standard InChI is InChI=1S/C15H21NO3S/c1-4-7-13(15(18)19)20-12-9-6-5-8-11(12)16-14(17)10(2)3/h5-6,8-10,13H,4,7H2,1-3H3,(H,16,17)(H,18,19)/t13-/m0/s1. The number of thioether (sulfide) groups is 1. The molecule has 4 nitrogen and oxygen atoms in total. The number of nitrogens with one attached hydrogen (secondary N) is 1. The Hall–Kier alpha value is -1.49. The van der Waals surface area contributed by atoms with Crippen molar-refractivity contribution in [2.24, 2.45) is 5.92 Å². The molecule has 0 radical (unpaired) electrons. The quantitative estimate of drug-likeness (QED) is 0.754. The molecule has 1 rings (SSSR count). The van der Waals surface area contributed by atoms with Crippen molar-refractivity contribution in [2.45, 2.75) is 43.8 Å². The number of hydrogen-bond acceptors (Lipinski definition) is 3. The van der Waals surface area contributed by atoms with Gasteiger partial charge in [-0.1, -0.05) is 39.3 Å². The fraction of sp³-hybridized carbons (Fsp3) is 0.467. The summed E-state index contributed by atoms with van der Waals surface area (Å²) in [6, 6.07) is 7.31. The van der Waals surface area contributed by atoms with Crippen molar-refractivity contribution >= 4 is 29.3 Å². The molecule has 0 heterocycles. The lowest BCUT2D eigenvalue weighted by molar-refractivity contribution is -0.136. The van der Waals surface area contributed by atoms with E-state index >= 15 is 0 Å². The van der Waals surface area contributed by atoms with Crippen LogP contribution in [-0.2, 0) is 9.59 Å². The summed E-state index contributed by atoms with van der Waals surface area (Å²) in [4.78, 5) is 23.8. The Labute approximate surface area is 124 Å². The van der Waals surface area contributed by atoms with Crippen LogP contribution in [0, 0.1) is 5.92 Å². The molecule has 0 aliphatic heterocycles. The van der Waals surface area contributed by atoms with Crippen LogP contribution in [0.5, 0.6) is 0 Å². The van der Waals surface area contributed by atoms with E-state index in [-0.39, 0.29) is 11.8 Å². The van der Waals surface area contributed by atoms with Gasteiger partial charge in [0, 0.05) is 10.8 Å². The number of carboxylic acids is 1. The first-order chi connectivity index (χ1) is 9.45. The van der Waals surface area contributed by atoms with Crippen LogP contribution in [0.1, 0.15) is 33.6 Å². The number of aliphatic carboxylic acids is 1. The van der Waals surface area contributed by atoms with Crippen LogP contribution in [0.25, 0.3) is 0 Å². The molecule has 20 heavy (non-hydrogen) atoms. The molecule has 0 aliphatic rings. The first-order valence-corrected chi connectivity index (χ1v) is 7.63. The Morgan fingerprint density at radius 3 is 2.50 bits per heavy atom. The summed E-state index contributed by atoms with van der Waals surface area (Å²) in [6.45, 7) is 5.60. The summed E-state index contributed by atoms with van der Waals surface area (Å²) in [5, 5.41) is 11.6. The third-order valence-electron chi connectivity index (χ3n) is 2.76. The number of anilines is 1. The summed E-state index contributed by atoms with van der Waals surface area (Å²) in [7, 11) is 0. The van der Waals surface area contributed by atoms with Crippen LogP contribution in [0.2, 0.25) is 0 Å². The van der Waals surface area contributed by atoms with Gasteiger partial charge in [-0.25, -0.2) is 0 Å². The molecule has 2 N–H and O–H groups in total. The van der Waals surface area contributed by atoms with Crippen molar-refractivity contribution in [2.75, 3.05) is 5.32 Å². The largest absolute Gasteiger partial charge is 0.480 e. The average Bonchev–Trinajstić information content (AvgIpc) is 2.39. The Bertz CT molecular complexity index is 474. The predicted octanol–water partition coefficient (Wildman–Crippen LogP) is 3.63. The van der Waals surface area contributed by atoms with E-state index in [1.807, 2.05) is 39.0 Å². The van der Waals surface area contributed by atoms with Crippen LogP contribution in [-0.4, -0.2) is 22.2 Å². The molecular weight excluding hydrogens is 274 g/mol. The third kappa shape index (κ3) is 4.89. The van der Waals surface area contributed by atoms with Gasteiger partial charge in [0.15, 0.2) is 0 Å². The van der Waals surface area contributed by atoms with Crippen molar-refractivity contribution in [3.05, 3.63) is 24.3 Å². The lowest BCUT2D eigenvalue weighted by Gasteiger charge is -2.15. The second-order valence-corrected chi connectivity index (χ2v) is 6.12. The zero-order valence-electron chi connectivity index (χ0n) is 12.1. The Morgan fingerprint density at radius 1 is 1.30 bits per heavy atom. The third-order valence-corrected chi connectivity index (χ3v) is 4.10. The molecule has 0 spiro atoms. The zero-order valence-corrected chi connectivity index (χ0v) is 12.9. The van der Waals surface area contributed by atoms with E-state index in [2.05, 4.69) is 5.32 Å². The normalized spacial score (nSPS) is 12.2. The first-order valence-electron chi connectivity index (χ1n) is 6.75. The van der Waals surface area contributed by atoms with E-state index < -0.39 is 11.2 Å². The van der Waals surface area contributed by atoms with E-state index in [9.17, 15) is 14.7 Å². The van der Waals surface area contributed by atoms with Crippen molar-refractivity contribution in [3.63, 3.8) is 0 Å². The van der Waals surface area contributed by atoms with E-state index in [0.717, 1.165) is 11.3 Å². The van der Waals surface area contributed by atoms with Crippen molar-refractivity contribution in [1.29, 1.82) is 0 Å². The maximum absolute atomic E-state index is 11.8. The van der Waals surface area contributed by atoms with Gasteiger partial charge in [-0.05, 0) is 18.6 Å². The molecule has 1 aromatic carbocycles. The number of carbonyl (C=O) groups is 2. The maximum Gasteiger partial charge on any atom is 0.316 e. The topological polar surface area (TPSA) is 66.4 Å². The molecule has 0 saturated heterocycles. The van der Waals surface area contributed by atoms with E-state index in [0.29, 0.717) is 12.1 Å². The SMILES string of the molecule is CCC[C@H](Sc1ccccc1NC(=O)C(C)C)C(=O)O. The molecule has 0 unspecified atom stereocenters. The Kier molecular flexibility index (Phi) is 6.58. The second kappa shape index (κ2) is 7.94. The van der Waals surface area contributed by atoms with Gasteiger partial charge in [-0.2, -0.15) is 0 Å². The monoisotopic (exact) mass is 295 g/mol. The minimum Gasteiger partial charge on any atom is -0.480 e. The van der Waals surface area contributed by atoms with E-state index in [1.54, 1.807) is 6.07 Å². The zero-order chi connectivity index (χ0) is 15.1. The lowest BCUT2D eigenvalue weighted by atomic mass is 10.2. The molecule has 0 bridgehead atoms. The van der Waals surface area contributed by atoms with Crippen LogP contribution < -0.4 is 5.32 Å². The second-order valence-electron chi connectivity index (χ2n) is 4.87. The number of carbonyl (C=O) groups excluding carboxylic acids is 1. The molecule has 0 aliphatic carbocycles. The van der Waals surface area contributed by atoms with Gasteiger partial charge in [0.25, 0.3) is 0 Å². The van der Waals surface area contributed by atoms with E-state index in [4.69, 9.17) is 0 Å². The molecule has 0 fully saturated rings. The van der Waals surface area contributed by atoms with E-state index in [1.165, 1.54) is 11.8 Å². The van der Waals surface area contributed by atoms with Crippen molar-refractivity contribution in [1.82, 2.24) is 0 Å². The van der Waals surface area contributed by atoms with Gasteiger partial charge in [0.2, 0.25) is 5.91 Å². The summed E-state index contributed by atoms with van der Waals surface area (Å²) in [6.07, 6.45) is 1.41. The van der Waals surface area contributed by atoms with Gasteiger partial charge in [-0.15, -0.1) is 11.8 Å². The summed E-state index contributed by atoms with van der Waals surface area (Å²) in [5.74, 6) is -0.999. The van der Waals surface area contributed by atoms with Crippen LogP contribution >= 0.6 is 11.8 Å². The number of para-hydroxylation sites is 1. The molecule has 110 valence electrons. The first kappa shape index (κ1) is 16.6. The molecule has 0 aromatic heterocycles. The highest BCUT2D eigenvalue weighted by Gasteiger charge is 2.20. The predicted molar refractivity (Wildman–Crippen MR) is 82.1 cm³/mol. The molecule has 1 atom stereocenters. The van der Waals surface area contributed by atoms with Crippen LogP contribution in [0.15, 0.2) is 29.2 Å². The lowest BCUT2D eigenvalue weighted by Crippen LogP contribution is -2.19. The van der Waals surface area contributed by atoms with Gasteiger partial charge in [-0.3, -0.25) is 9.59 Å². The fourth-order valence-electron chi connectivity index (χ4n) is 1.60. The highest BCUT2D eigenvalue weighted by Crippen LogP contribution is 2.32. The fourth-order valence-corrected chi connectivity index (χ4v) is 2.76. The van der Waals surface area contributed by atoms with Gasteiger partial charge in [0.05, 0.1) is 5.69 Å². The number of carboxylic acid groups (broad SMARTS) is 1. The number of amides is 1. The van der Waals surface area contributed by atoms with Crippen LogP contribution in [0.3, 0.4) is 0 Å². The molecule has 1 amide bonds. The minimum atomic E-state index is -0.818. The Morgan fingerprint density at radius 2 is 1.95 bits per heavy atom. The number of benzene rings is 1. The smallest absolute Gasteiger partial charge is 0.316 e. The minimum absolute atomic E-state index is 0.0691. The average molecular weight is 295 g/mol.